The van der Waals surface area contributed by atoms with Crippen LogP contribution in [0, 0.1) is 20.2 Å². The van der Waals surface area contributed by atoms with Gasteiger partial charge in [0.25, 0.3) is 11.4 Å². The van der Waals surface area contributed by atoms with E-state index in [1.807, 2.05) is 0 Å². The van der Waals surface area contributed by atoms with E-state index >= 15 is 0 Å². The summed E-state index contributed by atoms with van der Waals surface area (Å²) in [6.45, 7) is 0. The van der Waals surface area contributed by atoms with E-state index in [9.17, 15) is 30.1 Å². The van der Waals surface area contributed by atoms with Crippen LogP contribution in [0.15, 0.2) is 18.2 Å². The monoisotopic (exact) mass is 242 g/mol. The number of aliphatic hydroxyl groups is 1. The van der Waals surface area contributed by atoms with Crippen molar-refractivity contribution in [1.82, 2.24) is 0 Å². The molecule has 17 heavy (non-hydrogen) atoms. The van der Waals surface area contributed by atoms with Crippen LogP contribution in [0.1, 0.15) is 11.7 Å². The van der Waals surface area contributed by atoms with Gasteiger partial charge in [0.05, 0.1) is 21.5 Å². The minimum absolute atomic E-state index is 0.506. The number of nitro benzene ring substituents is 2. The van der Waals surface area contributed by atoms with Crippen molar-refractivity contribution in [2.24, 2.45) is 0 Å². The molecule has 0 heterocycles. The molecule has 0 spiro atoms. The van der Waals surface area contributed by atoms with Gasteiger partial charge in [-0.05, 0) is 6.07 Å². The molecule has 0 bridgehead atoms. The fourth-order valence-corrected chi connectivity index (χ4v) is 1.17. The maximum absolute atomic E-state index is 10.6. The predicted octanol–water partition coefficient (Wildman–Crippen LogP) is 0.621. The molecule has 1 aromatic carbocycles. The molecule has 0 amide bonds. The Hall–Kier alpha value is -2.55. The zero-order valence-corrected chi connectivity index (χ0v) is 8.14. The molecule has 0 aliphatic carbocycles. The van der Waals surface area contributed by atoms with Gasteiger partial charge in [0.1, 0.15) is 0 Å². The van der Waals surface area contributed by atoms with Gasteiger partial charge in [-0.25, -0.2) is 4.79 Å². The van der Waals surface area contributed by atoms with Gasteiger partial charge < -0.3 is 10.2 Å². The van der Waals surface area contributed by atoms with Gasteiger partial charge >= 0.3 is 5.97 Å². The number of carboxylic acids is 1. The Morgan fingerprint density at radius 1 is 1.24 bits per heavy atom. The zero-order valence-electron chi connectivity index (χ0n) is 8.14. The van der Waals surface area contributed by atoms with E-state index in [0.717, 1.165) is 12.1 Å². The molecule has 0 aromatic heterocycles. The van der Waals surface area contributed by atoms with Crippen LogP contribution in [-0.2, 0) is 4.79 Å². The Morgan fingerprint density at radius 3 is 2.24 bits per heavy atom. The molecule has 0 saturated heterocycles. The van der Waals surface area contributed by atoms with Crippen molar-refractivity contribution in [1.29, 1.82) is 0 Å². The summed E-state index contributed by atoms with van der Waals surface area (Å²) in [5.74, 6) is -1.68. The maximum Gasteiger partial charge on any atom is 0.337 e. The summed E-state index contributed by atoms with van der Waals surface area (Å²) in [5.41, 5.74) is -1.87. The zero-order chi connectivity index (χ0) is 13.2. The average molecular weight is 242 g/mol. The number of aliphatic hydroxyl groups excluding tert-OH is 1. The van der Waals surface area contributed by atoms with Gasteiger partial charge in [0.2, 0.25) is 0 Å². The second kappa shape index (κ2) is 4.53. The van der Waals surface area contributed by atoms with Gasteiger partial charge in [-0.2, -0.15) is 0 Å². The molecule has 0 saturated carbocycles. The number of non-ortho nitro benzene ring substituents is 1. The highest BCUT2D eigenvalue weighted by molar-refractivity contribution is 5.76. The number of rotatable bonds is 4. The van der Waals surface area contributed by atoms with Crippen LogP contribution in [0.2, 0.25) is 0 Å². The molecule has 2 N–H and O–H groups in total. The summed E-state index contributed by atoms with van der Waals surface area (Å²) in [6, 6.07) is 2.32. The molecule has 0 fully saturated rings. The summed E-state index contributed by atoms with van der Waals surface area (Å²) in [7, 11) is 0. The lowest BCUT2D eigenvalue weighted by Crippen LogP contribution is -2.12. The third kappa shape index (κ3) is 2.52. The number of benzene rings is 1. The van der Waals surface area contributed by atoms with E-state index in [0.29, 0.717) is 6.07 Å². The van der Waals surface area contributed by atoms with Crippen molar-refractivity contribution >= 4 is 17.3 Å². The first-order valence-electron chi connectivity index (χ1n) is 4.18. The highest BCUT2D eigenvalue weighted by atomic mass is 16.6. The first kappa shape index (κ1) is 12.5. The number of nitro groups is 2. The van der Waals surface area contributed by atoms with E-state index in [1.54, 1.807) is 0 Å². The molecule has 1 atom stereocenters. The van der Waals surface area contributed by atoms with E-state index in [1.165, 1.54) is 0 Å². The van der Waals surface area contributed by atoms with Gasteiger partial charge in [-0.3, -0.25) is 20.2 Å². The van der Waals surface area contributed by atoms with Crippen LogP contribution in [0.4, 0.5) is 11.4 Å². The minimum Gasteiger partial charge on any atom is -0.479 e. The minimum atomic E-state index is -2.10. The topological polar surface area (TPSA) is 144 Å². The molecular weight excluding hydrogens is 236 g/mol. The Morgan fingerprint density at radius 2 is 1.82 bits per heavy atom. The van der Waals surface area contributed by atoms with Crippen LogP contribution in [0.5, 0.6) is 0 Å². The Balaban J connectivity index is 3.37. The summed E-state index contributed by atoms with van der Waals surface area (Å²) in [4.78, 5) is 29.6. The second-order valence-electron chi connectivity index (χ2n) is 3.00. The molecule has 0 aliphatic heterocycles. The number of carboxylic acid groups (broad SMARTS) is 1. The molecular formula is C8H6N2O7. The van der Waals surface area contributed by atoms with Crippen molar-refractivity contribution in [2.45, 2.75) is 6.10 Å². The maximum atomic E-state index is 10.6. The Labute approximate surface area is 93.2 Å². The number of hydrogen-bond donors (Lipinski definition) is 2. The van der Waals surface area contributed by atoms with Gasteiger partial charge in [0.15, 0.2) is 6.10 Å². The van der Waals surface area contributed by atoms with Crippen molar-refractivity contribution in [2.75, 3.05) is 0 Å². The van der Waals surface area contributed by atoms with Gasteiger partial charge in [-0.1, -0.05) is 0 Å². The summed E-state index contributed by atoms with van der Waals surface area (Å²) >= 11 is 0. The molecule has 9 nitrogen and oxygen atoms in total. The smallest absolute Gasteiger partial charge is 0.337 e. The van der Waals surface area contributed by atoms with Crippen molar-refractivity contribution < 1.29 is 24.9 Å². The molecule has 9 heteroatoms. The molecule has 1 aromatic rings. The lowest BCUT2D eigenvalue weighted by atomic mass is 10.1. The highest BCUT2D eigenvalue weighted by Crippen LogP contribution is 2.29. The average Bonchev–Trinajstić information content (AvgIpc) is 2.26. The number of aliphatic carboxylic acids is 1. The van der Waals surface area contributed by atoms with Gasteiger partial charge in [-0.15, -0.1) is 0 Å². The van der Waals surface area contributed by atoms with E-state index in [4.69, 9.17) is 5.11 Å². The van der Waals surface area contributed by atoms with E-state index in [-0.39, 0.29) is 0 Å². The Kier molecular flexibility index (Phi) is 3.34. The summed E-state index contributed by atoms with van der Waals surface area (Å²) in [5, 5.41) is 38.7. The normalized spacial score (nSPS) is 11.8. The number of carbonyl (C=O) groups is 1. The fraction of sp³-hybridized carbons (Fsp3) is 0.125. The summed E-state index contributed by atoms with van der Waals surface area (Å²) < 4.78 is 0. The number of hydrogen-bond acceptors (Lipinski definition) is 6. The predicted molar refractivity (Wildman–Crippen MR) is 52.3 cm³/mol. The SMILES string of the molecule is O=C(O)C(O)c1ccc([N+](=O)[O-])cc1[N+](=O)[O-]. The largest absolute Gasteiger partial charge is 0.479 e. The van der Waals surface area contributed by atoms with Crippen molar-refractivity contribution in [3.05, 3.63) is 44.0 Å². The molecule has 1 rings (SSSR count). The first-order chi connectivity index (χ1) is 7.84. The van der Waals surface area contributed by atoms with Crippen LogP contribution in [-0.4, -0.2) is 26.0 Å². The van der Waals surface area contributed by atoms with Crippen LogP contribution < -0.4 is 0 Å². The van der Waals surface area contributed by atoms with E-state index in [2.05, 4.69) is 0 Å². The molecule has 0 radical (unpaired) electrons. The van der Waals surface area contributed by atoms with Crippen LogP contribution >= 0.6 is 0 Å². The third-order valence-corrected chi connectivity index (χ3v) is 1.95. The molecule has 1 unspecified atom stereocenters. The first-order valence-corrected chi connectivity index (χ1v) is 4.18. The Bertz CT molecular complexity index is 499. The summed E-state index contributed by atoms with van der Waals surface area (Å²) in [6.07, 6.45) is -2.10. The quantitative estimate of drug-likeness (QED) is 0.581. The standard InChI is InChI=1S/C8H6N2O7/c11-7(8(12)13)5-2-1-4(9(14)15)3-6(5)10(16)17/h1-3,7,11H,(H,12,13). The highest BCUT2D eigenvalue weighted by Gasteiger charge is 2.27. The third-order valence-electron chi connectivity index (χ3n) is 1.95. The van der Waals surface area contributed by atoms with Gasteiger partial charge in [0, 0.05) is 6.07 Å². The van der Waals surface area contributed by atoms with Crippen molar-refractivity contribution in [3.63, 3.8) is 0 Å². The van der Waals surface area contributed by atoms with Crippen LogP contribution in [0.25, 0.3) is 0 Å². The second-order valence-corrected chi connectivity index (χ2v) is 3.00. The van der Waals surface area contributed by atoms with E-state index < -0.39 is 38.9 Å². The number of nitrogens with zero attached hydrogens (tertiary/aromatic N) is 2. The fourth-order valence-electron chi connectivity index (χ4n) is 1.17. The lowest BCUT2D eigenvalue weighted by Gasteiger charge is -2.05. The van der Waals surface area contributed by atoms with Crippen LogP contribution in [0.3, 0.4) is 0 Å². The molecule has 0 aliphatic rings. The lowest BCUT2D eigenvalue weighted by molar-refractivity contribution is -0.394. The van der Waals surface area contributed by atoms with Crippen molar-refractivity contribution in [3.8, 4) is 0 Å². The molecule has 90 valence electrons.